The molecule has 3 aromatic heterocycles. The zero-order valence-electron chi connectivity index (χ0n) is 29.1. The number of hydrogen-bond donors (Lipinski definition) is 0. The first-order valence-corrected chi connectivity index (χ1v) is 18.2. The first kappa shape index (κ1) is 30.3. The molecule has 0 aliphatic rings. The molecular weight excluding hydrogens is 659 g/mol. The summed E-state index contributed by atoms with van der Waals surface area (Å²) < 4.78 is 8.86. The molecule has 0 amide bonds. The SMILES string of the molecule is c1ccc(-c2cccc(-c3nc(-c4cccc(-c5ccc6c(c5)c5c7ccccc7ccc5n6-c5ccccc5)c4)nc4c3oc3ccccc34)c2)cc1. The number of hydrogen-bond acceptors (Lipinski definition) is 3. The van der Waals surface area contributed by atoms with Gasteiger partial charge in [0.25, 0.3) is 0 Å². The van der Waals surface area contributed by atoms with Gasteiger partial charge in [0.05, 0.1) is 11.0 Å². The van der Waals surface area contributed by atoms with Crippen LogP contribution in [0.3, 0.4) is 0 Å². The molecule has 11 rings (SSSR count). The highest BCUT2D eigenvalue weighted by molar-refractivity contribution is 6.22. The maximum Gasteiger partial charge on any atom is 0.180 e. The lowest BCUT2D eigenvalue weighted by atomic mass is 9.98. The minimum Gasteiger partial charge on any atom is -0.452 e. The predicted molar refractivity (Wildman–Crippen MR) is 223 cm³/mol. The molecule has 0 radical (unpaired) electrons. The fourth-order valence-corrected chi connectivity index (χ4v) is 8.06. The van der Waals surface area contributed by atoms with Gasteiger partial charge < -0.3 is 8.98 Å². The van der Waals surface area contributed by atoms with Crippen molar-refractivity contribution in [2.45, 2.75) is 0 Å². The van der Waals surface area contributed by atoms with Crippen molar-refractivity contribution in [1.29, 1.82) is 0 Å². The van der Waals surface area contributed by atoms with Gasteiger partial charge in [0, 0.05) is 33.0 Å². The van der Waals surface area contributed by atoms with Crippen molar-refractivity contribution in [3.63, 3.8) is 0 Å². The Morgan fingerprint density at radius 3 is 1.89 bits per heavy atom. The van der Waals surface area contributed by atoms with Crippen molar-refractivity contribution >= 4 is 54.6 Å². The maximum absolute atomic E-state index is 6.48. The molecule has 0 atom stereocenters. The summed E-state index contributed by atoms with van der Waals surface area (Å²) in [5.41, 5.74) is 13.0. The van der Waals surface area contributed by atoms with Crippen LogP contribution in [-0.4, -0.2) is 14.5 Å². The van der Waals surface area contributed by atoms with Crippen molar-refractivity contribution in [1.82, 2.24) is 14.5 Å². The van der Waals surface area contributed by atoms with Gasteiger partial charge in [-0.1, -0.05) is 133 Å². The molecule has 3 heterocycles. The molecule has 4 nitrogen and oxygen atoms in total. The Labute approximate surface area is 311 Å². The van der Waals surface area contributed by atoms with Crippen molar-refractivity contribution in [2.24, 2.45) is 0 Å². The number of furan rings is 1. The molecule has 4 heteroatoms. The number of benzene rings is 8. The van der Waals surface area contributed by atoms with Crippen LogP contribution in [0, 0.1) is 0 Å². The summed E-state index contributed by atoms with van der Waals surface area (Å²) in [6, 6.07) is 66.3. The van der Waals surface area contributed by atoms with E-state index in [0.29, 0.717) is 11.4 Å². The average molecular weight is 690 g/mol. The van der Waals surface area contributed by atoms with Crippen molar-refractivity contribution in [3.8, 4) is 50.6 Å². The lowest BCUT2D eigenvalue weighted by Crippen LogP contribution is -1.95. The monoisotopic (exact) mass is 689 g/mol. The molecule has 54 heavy (non-hydrogen) atoms. The Balaban J connectivity index is 1.10. The van der Waals surface area contributed by atoms with E-state index in [1.54, 1.807) is 0 Å². The summed E-state index contributed by atoms with van der Waals surface area (Å²) in [7, 11) is 0. The Morgan fingerprint density at radius 2 is 1.04 bits per heavy atom. The van der Waals surface area contributed by atoms with Gasteiger partial charge >= 0.3 is 0 Å². The van der Waals surface area contributed by atoms with Gasteiger partial charge in [-0.2, -0.15) is 0 Å². The van der Waals surface area contributed by atoms with Crippen molar-refractivity contribution < 1.29 is 4.42 Å². The van der Waals surface area contributed by atoms with Gasteiger partial charge in [0.1, 0.15) is 16.8 Å². The predicted octanol–water partition coefficient (Wildman–Crippen LogP) is 13.3. The molecule has 0 unspecified atom stereocenters. The summed E-state index contributed by atoms with van der Waals surface area (Å²) in [6.07, 6.45) is 0. The fourth-order valence-electron chi connectivity index (χ4n) is 8.06. The van der Waals surface area contributed by atoms with Crippen LogP contribution in [0.2, 0.25) is 0 Å². The highest BCUT2D eigenvalue weighted by Crippen LogP contribution is 2.40. The van der Waals surface area contributed by atoms with Crippen LogP contribution in [0.5, 0.6) is 0 Å². The van der Waals surface area contributed by atoms with Crippen LogP contribution in [0.15, 0.2) is 192 Å². The minimum absolute atomic E-state index is 0.656. The zero-order valence-corrected chi connectivity index (χ0v) is 29.1. The summed E-state index contributed by atoms with van der Waals surface area (Å²) in [5, 5.41) is 5.93. The van der Waals surface area contributed by atoms with Crippen LogP contribution in [0.4, 0.5) is 0 Å². The molecule has 0 saturated carbocycles. The number of nitrogens with zero attached hydrogens (tertiary/aromatic N) is 3. The smallest absolute Gasteiger partial charge is 0.180 e. The number of fused-ring (bicyclic) bond motifs is 8. The highest BCUT2D eigenvalue weighted by Gasteiger charge is 2.20. The molecule has 8 aromatic carbocycles. The van der Waals surface area contributed by atoms with Gasteiger partial charge in [-0.05, 0) is 87.6 Å². The quantitative estimate of drug-likeness (QED) is 0.181. The second kappa shape index (κ2) is 12.1. The third-order valence-corrected chi connectivity index (χ3v) is 10.6. The number of rotatable bonds is 5. The molecule has 0 aliphatic heterocycles. The first-order valence-electron chi connectivity index (χ1n) is 18.2. The van der Waals surface area contributed by atoms with E-state index in [4.69, 9.17) is 14.4 Å². The standard InChI is InChI=1S/C50H31N3O/c1-3-13-32(14-4-1)34-16-11-18-37(29-34)47-49-48(41-23-9-10-24-45(41)54-49)52-50(51-47)38-19-12-17-35(30-38)36-26-27-43-42(31-36)46-40-22-8-7-15-33(40)25-28-44(46)53(43)39-20-5-2-6-21-39/h1-31H. The van der Waals surface area contributed by atoms with E-state index in [1.807, 2.05) is 24.3 Å². The van der Waals surface area contributed by atoms with Crippen LogP contribution >= 0.6 is 0 Å². The molecule has 252 valence electrons. The van der Waals surface area contributed by atoms with Crippen LogP contribution in [-0.2, 0) is 0 Å². The maximum atomic E-state index is 6.48. The Hall–Kier alpha value is -7.30. The Morgan fingerprint density at radius 1 is 0.407 bits per heavy atom. The zero-order chi connectivity index (χ0) is 35.6. The van der Waals surface area contributed by atoms with E-state index >= 15 is 0 Å². The lowest BCUT2D eigenvalue weighted by molar-refractivity contribution is 0.667. The Kier molecular flexibility index (Phi) is 6.82. The normalized spacial score (nSPS) is 11.7. The largest absolute Gasteiger partial charge is 0.452 e. The van der Waals surface area contributed by atoms with Crippen LogP contribution in [0.25, 0.3) is 105 Å². The second-order valence-electron chi connectivity index (χ2n) is 13.8. The molecule has 0 spiro atoms. The molecule has 0 saturated heterocycles. The van der Waals surface area contributed by atoms with Gasteiger partial charge in [0.15, 0.2) is 11.4 Å². The Bertz CT molecular complexity index is 3210. The van der Waals surface area contributed by atoms with Crippen molar-refractivity contribution in [3.05, 3.63) is 188 Å². The molecule has 0 fully saturated rings. The molecule has 0 aliphatic carbocycles. The van der Waals surface area contributed by atoms with Crippen molar-refractivity contribution in [2.75, 3.05) is 0 Å². The second-order valence-corrected chi connectivity index (χ2v) is 13.8. The summed E-state index contributed by atoms with van der Waals surface area (Å²) in [5.74, 6) is 0.656. The highest BCUT2D eigenvalue weighted by atomic mass is 16.3. The van der Waals surface area contributed by atoms with Crippen LogP contribution < -0.4 is 0 Å². The summed E-state index contributed by atoms with van der Waals surface area (Å²) >= 11 is 0. The van der Waals surface area contributed by atoms with E-state index in [-0.39, 0.29) is 0 Å². The van der Waals surface area contributed by atoms with E-state index in [2.05, 4.69) is 168 Å². The fraction of sp³-hybridized carbons (Fsp3) is 0. The van der Waals surface area contributed by atoms with E-state index < -0.39 is 0 Å². The minimum atomic E-state index is 0.656. The molecular formula is C50H31N3O. The lowest BCUT2D eigenvalue weighted by Gasteiger charge is -2.10. The van der Waals surface area contributed by atoms with E-state index in [9.17, 15) is 0 Å². The molecule has 0 bridgehead atoms. The molecule has 0 N–H and O–H groups in total. The van der Waals surface area contributed by atoms with Crippen LogP contribution in [0.1, 0.15) is 0 Å². The topological polar surface area (TPSA) is 43.9 Å². The third kappa shape index (κ3) is 4.85. The van der Waals surface area contributed by atoms with E-state index in [0.717, 1.165) is 61.2 Å². The van der Waals surface area contributed by atoms with Gasteiger partial charge in [-0.25, -0.2) is 9.97 Å². The van der Waals surface area contributed by atoms with Gasteiger partial charge in [-0.15, -0.1) is 0 Å². The molecule has 11 aromatic rings. The van der Waals surface area contributed by atoms with Gasteiger partial charge in [0.2, 0.25) is 0 Å². The summed E-state index contributed by atoms with van der Waals surface area (Å²) in [6.45, 7) is 0. The summed E-state index contributed by atoms with van der Waals surface area (Å²) in [4.78, 5) is 10.4. The number of aromatic nitrogens is 3. The van der Waals surface area contributed by atoms with E-state index in [1.165, 1.54) is 32.6 Å². The van der Waals surface area contributed by atoms with Gasteiger partial charge in [-0.3, -0.25) is 0 Å². The average Bonchev–Trinajstić information content (AvgIpc) is 3.80. The first-order chi connectivity index (χ1) is 26.8. The third-order valence-electron chi connectivity index (χ3n) is 10.6. The number of para-hydroxylation sites is 2.